The Morgan fingerprint density at radius 2 is 2.10 bits per heavy atom. The van der Waals surface area contributed by atoms with E-state index >= 15 is 0 Å². The van der Waals surface area contributed by atoms with Gasteiger partial charge in [0.1, 0.15) is 0 Å². The molecule has 1 aliphatic rings. The lowest BCUT2D eigenvalue weighted by Crippen LogP contribution is -2.52. The number of benzene rings is 1. The number of nitro groups is 1. The first-order valence-corrected chi connectivity index (χ1v) is 7.27. The molecule has 2 rings (SSSR count). The molecule has 2 atom stereocenters. The standard InChI is InChI=1S/C15H21N3O3/c1-11(16)14-4-2-3-9-17(14)15(19)10-12-5-7-13(8-6-12)18(20)21/h5-8,11,14H,2-4,9-10,16H2,1H3. The molecular formula is C15H21N3O3. The van der Waals surface area contributed by atoms with Crippen LogP contribution in [0, 0.1) is 10.1 Å². The van der Waals surface area contributed by atoms with Crippen molar-refractivity contribution in [1.82, 2.24) is 4.90 Å². The van der Waals surface area contributed by atoms with Crippen molar-refractivity contribution in [2.75, 3.05) is 6.54 Å². The zero-order valence-electron chi connectivity index (χ0n) is 12.2. The topological polar surface area (TPSA) is 89.5 Å². The van der Waals surface area contributed by atoms with Crippen molar-refractivity contribution in [2.45, 2.75) is 44.7 Å². The molecule has 0 saturated carbocycles. The largest absolute Gasteiger partial charge is 0.338 e. The highest BCUT2D eigenvalue weighted by atomic mass is 16.6. The van der Waals surface area contributed by atoms with Crippen LogP contribution < -0.4 is 5.73 Å². The Hall–Kier alpha value is -1.95. The van der Waals surface area contributed by atoms with Crippen LogP contribution in [0.2, 0.25) is 0 Å². The van der Waals surface area contributed by atoms with E-state index in [1.165, 1.54) is 12.1 Å². The fourth-order valence-electron chi connectivity index (χ4n) is 2.83. The van der Waals surface area contributed by atoms with Gasteiger partial charge in [-0.3, -0.25) is 14.9 Å². The molecule has 2 unspecified atom stereocenters. The summed E-state index contributed by atoms with van der Waals surface area (Å²) < 4.78 is 0. The fourth-order valence-corrected chi connectivity index (χ4v) is 2.83. The highest BCUT2D eigenvalue weighted by Gasteiger charge is 2.28. The molecule has 0 aliphatic carbocycles. The van der Waals surface area contributed by atoms with Crippen molar-refractivity contribution >= 4 is 11.6 Å². The smallest absolute Gasteiger partial charge is 0.269 e. The first kappa shape index (κ1) is 15.4. The molecule has 1 saturated heterocycles. The van der Waals surface area contributed by atoms with Gasteiger partial charge in [0.05, 0.1) is 11.3 Å². The number of piperidine rings is 1. The highest BCUT2D eigenvalue weighted by Crippen LogP contribution is 2.21. The maximum atomic E-state index is 12.4. The van der Waals surface area contributed by atoms with E-state index < -0.39 is 4.92 Å². The van der Waals surface area contributed by atoms with E-state index in [0.717, 1.165) is 31.4 Å². The number of hydrogen-bond donors (Lipinski definition) is 1. The third kappa shape index (κ3) is 3.78. The number of rotatable bonds is 4. The summed E-state index contributed by atoms with van der Waals surface area (Å²) in [7, 11) is 0. The number of non-ortho nitro benzene ring substituents is 1. The van der Waals surface area contributed by atoms with Gasteiger partial charge in [-0.25, -0.2) is 0 Å². The summed E-state index contributed by atoms with van der Waals surface area (Å²) in [4.78, 5) is 24.5. The second-order valence-electron chi connectivity index (χ2n) is 5.61. The Labute approximate surface area is 124 Å². The molecule has 1 amide bonds. The zero-order valence-corrected chi connectivity index (χ0v) is 12.2. The molecule has 1 fully saturated rings. The minimum absolute atomic E-state index is 0.0360. The van der Waals surface area contributed by atoms with Gasteiger partial charge in [-0.2, -0.15) is 0 Å². The highest BCUT2D eigenvalue weighted by molar-refractivity contribution is 5.79. The lowest BCUT2D eigenvalue weighted by molar-refractivity contribution is -0.384. The molecular weight excluding hydrogens is 270 g/mol. The number of hydrogen-bond acceptors (Lipinski definition) is 4. The van der Waals surface area contributed by atoms with Gasteiger partial charge in [0.2, 0.25) is 5.91 Å². The van der Waals surface area contributed by atoms with Crippen LogP contribution in [0.1, 0.15) is 31.7 Å². The van der Waals surface area contributed by atoms with Gasteiger partial charge in [0, 0.05) is 30.8 Å². The molecule has 114 valence electrons. The summed E-state index contributed by atoms with van der Waals surface area (Å²) in [6, 6.07) is 6.21. The monoisotopic (exact) mass is 291 g/mol. The third-order valence-corrected chi connectivity index (χ3v) is 3.98. The normalized spacial score (nSPS) is 20.1. The quantitative estimate of drug-likeness (QED) is 0.677. The molecule has 1 aromatic rings. The van der Waals surface area contributed by atoms with Crippen molar-refractivity contribution in [2.24, 2.45) is 5.73 Å². The van der Waals surface area contributed by atoms with E-state index in [0.29, 0.717) is 0 Å². The lowest BCUT2D eigenvalue weighted by atomic mass is 9.96. The minimum atomic E-state index is -0.442. The van der Waals surface area contributed by atoms with Crippen LogP contribution in [-0.2, 0) is 11.2 Å². The van der Waals surface area contributed by atoms with Crippen LogP contribution in [0.4, 0.5) is 5.69 Å². The number of carbonyl (C=O) groups is 1. The van der Waals surface area contributed by atoms with Crippen molar-refractivity contribution in [3.05, 3.63) is 39.9 Å². The summed E-state index contributed by atoms with van der Waals surface area (Å²) >= 11 is 0. The molecule has 6 heteroatoms. The van der Waals surface area contributed by atoms with Gasteiger partial charge < -0.3 is 10.6 Å². The van der Waals surface area contributed by atoms with Gasteiger partial charge in [-0.15, -0.1) is 0 Å². The minimum Gasteiger partial charge on any atom is -0.338 e. The van der Waals surface area contributed by atoms with E-state index in [-0.39, 0.29) is 30.1 Å². The molecule has 1 heterocycles. The Bertz CT molecular complexity index is 513. The second kappa shape index (κ2) is 6.67. The van der Waals surface area contributed by atoms with Gasteiger partial charge >= 0.3 is 0 Å². The van der Waals surface area contributed by atoms with E-state index in [1.807, 2.05) is 11.8 Å². The molecule has 0 aromatic heterocycles. The molecule has 0 bridgehead atoms. The van der Waals surface area contributed by atoms with Gasteiger partial charge in [0.25, 0.3) is 5.69 Å². The number of amides is 1. The van der Waals surface area contributed by atoms with E-state index in [1.54, 1.807) is 12.1 Å². The van der Waals surface area contributed by atoms with Gasteiger partial charge in [0.15, 0.2) is 0 Å². The Morgan fingerprint density at radius 3 is 2.67 bits per heavy atom. The average Bonchev–Trinajstić information content (AvgIpc) is 2.47. The van der Waals surface area contributed by atoms with Crippen molar-refractivity contribution in [3.8, 4) is 0 Å². The van der Waals surface area contributed by atoms with Crippen molar-refractivity contribution in [3.63, 3.8) is 0 Å². The molecule has 0 radical (unpaired) electrons. The maximum Gasteiger partial charge on any atom is 0.269 e. The fraction of sp³-hybridized carbons (Fsp3) is 0.533. The molecule has 2 N–H and O–H groups in total. The SMILES string of the molecule is CC(N)C1CCCCN1C(=O)Cc1ccc([N+](=O)[O-])cc1. The van der Waals surface area contributed by atoms with Crippen LogP contribution in [-0.4, -0.2) is 34.4 Å². The summed E-state index contributed by atoms with van der Waals surface area (Å²) in [5.41, 5.74) is 6.80. The van der Waals surface area contributed by atoms with Gasteiger partial charge in [-0.1, -0.05) is 12.1 Å². The van der Waals surface area contributed by atoms with Crippen LogP contribution in [0.3, 0.4) is 0 Å². The van der Waals surface area contributed by atoms with Crippen LogP contribution in [0.25, 0.3) is 0 Å². The molecule has 0 spiro atoms. The zero-order chi connectivity index (χ0) is 15.4. The summed E-state index contributed by atoms with van der Waals surface area (Å²) in [5.74, 6) is 0.0471. The van der Waals surface area contributed by atoms with Crippen LogP contribution in [0.15, 0.2) is 24.3 Å². The second-order valence-corrected chi connectivity index (χ2v) is 5.61. The molecule has 21 heavy (non-hydrogen) atoms. The van der Waals surface area contributed by atoms with Crippen LogP contribution >= 0.6 is 0 Å². The average molecular weight is 291 g/mol. The Balaban J connectivity index is 2.04. The summed E-state index contributed by atoms with van der Waals surface area (Å²) in [5, 5.41) is 10.6. The summed E-state index contributed by atoms with van der Waals surface area (Å²) in [6.45, 7) is 2.68. The number of carbonyl (C=O) groups excluding carboxylic acids is 1. The Kier molecular flexibility index (Phi) is 4.90. The van der Waals surface area contributed by atoms with E-state index in [4.69, 9.17) is 5.73 Å². The van der Waals surface area contributed by atoms with Gasteiger partial charge in [-0.05, 0) is 31.7 Å². The predicted octanol–water partition coefficient (Wildman–Crippen LogP) is 1.87. The van der Waals surface area contributed by atoms with Crippen molar-refractivity contribution < 1.29 is 9.72 Å². The molecule has 1 aliphatic heterocycles. The van der Waals surface area contributed by atoms with Crippen molar-refractivity contribution in [1.29, 1.82) is 0 Å². The first-order valence-electron chi connectivity index (χ1n) is 7.27. The molecule has 6 nitrogen and oxygen atoms in total. The lowest BCUT2D eigenvalue weighted by Gasteiger charge is -2.38. The van der Waals surface area contributed by atoms with E-state index in [9.17, 15) is 14.9 Å². The number of nitrogens with two attached hydrogens (primary N) is 1. The number of likely N-dealkylation sites (tertiary alicyclic amines) is 1. The Morgan fingerprint density at radius 1 is 1.43 bits per heavy atom. The number of nitrogens with zero attached hydrogens (tertiary/aromatic N) is 2. The molecule has 1 aromatic carbocycles. The third-order valence-electron chi connectivity index (χ3n) is 3.98. The number of nitro benzene ring substituents is 1. The van der Waals surface area contributed by atoms with Crippen LogP contribution in [0.5, 0.6) is 0 Å². The maximum absolute atomic E-state index is 12.4. The van der Waals surface area contributed by atoms with E-state index in [2.05, 4.69) is 0 Å². The summed E-state index contributed by atoms with van der Waals surface area (Å²) in [6.07, 6.45) is 3.33. The first-order chi connectivity index (χ1) is 9.99. The predicted molar refractivity (Wildman–Crippen MR) is 79.8 cm³/mol.